The Morgan fingerprint density at radius 3 is 1.94 bits per heavy atom. The van der Waals surface area contributed by atoms with Crippen molar-refractivity contribution in [2.24, 2.45) is 5.92 Å². The van der Waals surface area contributed by atoms with E-state index in [1.54, 1.807) is 19.1 Å². The number of hydrogen-bond acceptors (Lipinski definition) is 10. The Balaban J connectivity index is 1.54. The van der Waals surface area contributed by atoms with E-state index in [1.807, 2.05) is 52.0 Å². The Kier molecular flexibility index (Phi) is 15.5. The molecule has 0 spiro atoms. The number of nitrogens with one attached hydrogen (secondary N) is 1. The van der Waals surface area contributed by atoms with Crippen molar-refractivity contribution in [2.45, 2.75) is 80.3 Å². The van der Waals surface area contributed by atoms with Crippen LogP contribution in [0.1, 0.15) is 68.7 Å². The van der Waals surface area contributed by atoms with Gasteiger partial charge in [0.25, 0.3) is 0 Å². The summed E-state index contributed by atoms with van der Waals surface area (Å²) in [7, 11) is 0. The van der Waals surface area contributed by atoms with Crippen LogP contribution in [-0.4, -0.2) is 71.2 Å². The van der Waals surface area contributed by atoms with Crippen molar-refractivity contribution >= 4 is 12.1 Å². The van der Waals surface area contributed by atoms with Crippen molar-refractivity contribution in [3.8, 4) is 45.7 Å². The molecule has 11 heteroatoms. The van der Waals surface area contributed by atoms with E-state index in [4.69, 9.17) is 33.9 Å². The lowest BCUT2D eigenvalue weighted by atomic mass is 10.0. The lowest BCUT2D eigenvalue weighted by Gasteiger charge is -2.21. The molecule has 0 saturated carbocycles. The van der Waals surface area contributed by atoms with Crippen LogP contribution in [0.2, 0.25) is 0 Å². The SMILES string of the molecule is C=C(C)C(=O)OCCNC(=O)OC(COCC(CC)CCCC)COc1ccc(-c2nc(-c3ccc(C)cc3C)nc(-c3ccc(C)cc3C)n2)c(O)c1. The van der Waals surface area contributed by atoms with Crippen LogP contribution in [0.4, 0.5) is 4.79 Å². The zero-order valence-electron chi connectivity index (χ0n) is 32.7. The fourth-order valence-electron chi connectivity index (χ4n) is 5.84. The van der Waals surface area contributed by atoms with E-state index in [9.17, 15) is 14.7 Å². The number of aromatic hydroxyl groups is 1. The number of rotatable bonds is 19. The first-order valence-electron chi connectivity index (χ1n) is 18.6. The van der Waals surface area contributed by atoms with Gasteiger partial charge in [0.2, 0.25) is 0 Å². The molecule has 288 valence electrons. The van der Waals surface area contributed by atoms with Crippen LogP contribution in [0.3, 0.4) is 0 Å². The van der Waals surface area contributed by atoms with E-state index in [1.165, 1.54) is 6.07 Å². The number of phenols is 1. The summed E-state index contributed by atoms with van der Waals surface area (Å²) < 4.78 is 22.7. The van der Waals surface area contributed by atoms with E-state index < -0.39 is 18.2 Å². The van der Waals surface area contributed by atoms with Crippen molar-refractivity contribution in [1.29, 1.82) is 0 Å². The number of carbonyl (C=O) groups is 2. The van der Waals surface area contributed by atoms with Crippen LogP contribution in [0.15, 0.2) is 66.7 Å². The van der Waals surface area contributed by atoms with E-state index >= 15 is 0 Å². The number of phenolic OH excluding ortho intramolecular Hbond substituents is 1. The summed E-state index contributed by atoms with van der Waals surface area (Å²) in [6.07, 6.45) is 2.80. The number of hydrogen-bond donors (Lipinski definition) is 2. The number of ether oxygens (including phenoxy) is 4. The standard InChI is InChI=1S/C43H54N4O7/c1-9-11-12-32(10-2)24-51-25-34(54-43(50)44-19-20-52-42(49)27(3)4)26-53-33-15-18-37(38(48)23-33)41-46-39(35-16-13-28(5)21-30(35)7)45-40(47-41)36-17-14-29(6)22-31(36)8/h13-18,21-23,32,34,48H,3,9-12,19-20,24-26H2,1-2,4-8H3,(H,44,50). The third kappa shape index (κ3) is 12.1. The summed E-state index contributed by atoms with van der Waals surface area (Å²) in [5, 5.41) is 13.9. The largest absolute Gasteiger partial charge is 0.507 e. The third-order valence-corrected chi connectivity index (χ3v) is 8.95. The molecule has 11 nitrogen and oxygen atoms in total. The minimum atomic E-state index is -0.766. The van der Waals surface area contributed by atoms with Gasteiger partial charge in [0, 0.05) is 29.4 Å². The molecule has 4 rings (SSSR count). The van der Waals surface area contributed by atoms with Crippen LogP contribution < -0.4 is 10.1 Å². The summed E-state index contributed by atoms with van der Waals surface area (Å²) in [6.45, 7) is 18.1. The van der Waals surface area contributed by atoms with Crippen LogP contribution >= 0.6 is 0 Å². The maximum atomic E-state index is 12.7. The highest BCUT2D eigenvalue weighted by atomic mass is 16.6. The topological polar surface area (TPSA) is 142 Å². The molecule has 0 aliphatic rings. The molecule has 4 aromatic rings. The first kappa shape index (κ1) is 41.5. The summed E-state index contributed by atoms with van der Waals surface area (Å²) in [4.78, 5) is 38.8. The second-order valence-corrected chi connectivity index (χ2v) is 13.8. The monoisotopic (exact) mass is 738 g/mol. The Morgan fingerprint density at radius 2 is 1.41 bits per heavy atom. The van der Waals surface area contributed by atoms with Crippen LogP contribution in [-0.2, 0) is 19.0 Å². The highest BCUT2D eigenvalue weighted by molar-refractivity contribution is 5.87. The molecule has 1 heterocycles. The van der Waals surface area contributed by atoms with Gasteiger partial charge in [-0.2, -0.15) is 0 Å². The number of aryl methyl sites for hydroxylation is 4. The number of carbonyl (C=O) groups excluding carboxylic acids is 2. The highest BCUT2D eigenvalue weighted by Crippen LogP contribution is 2.34. The molecule has 0 fully saturated rings. The second kappa shape index (κ2) is 20.2. The van der Waals surface area contributed by atoms with Gasteiger partial charge in [-0.3, -0.25) is 0 Å². The minimum Gasteiger partial charge on any atom is -0.507 e. The molecule has 2 N–H and O–H groups in total. The van der Waals surface area contributed by atoms with Gasteiger partial charge in [-0.05, 0) is 70.2 Å². The maximum Gasteiger partial charge on any atom is 0.407 e. The lowest BCUT2D eigenvalue weighted by molar-refractivity contribution is -0.138. The normalized spacial score (nSPS) is 12.1. The van der Waals surface area contributed by atoms with Crippen LogP contribution in [0.5, 0.6) is 11.5 Å². The van der Waals surface area contributed by atoms with Crippen LogP contribution in [0.25, 0.3) is 34.2 Å². The zero-order chi connectivity index (χ0) is 39.2. The third-order valence-electron chi connectivity index (χ3n) is 8.95. The molecule has 54 heavy (non-hydrogen) atoms. The second-order valence-electron chi connectivity index (χ2n) is 13.8. The van der Waals surface area contributed by atoms with Crippen molar-refractivity contribution in [3.63, 3.8) is 0 Å². The number of amides is 1. The molecule has 3 aromatic carbocycles. The van der Waals surface area contributed by atoms with Crippen molar-refractivity contribution < 1.29 is 33.6 Å². The average molecular weight is 739 g/mol. The molecule has 0 saturated heterocycles. The number of unbranched alkanes of at least 4 members (excludes halogenated alkanes) is 1. The molecule has 1 aromatic heterocycles. The Labute approximate surface area is 319 Å². The van der Waals surface area contributed by atoms with Gasteiger partial charge in [0.1, 0.15) is 24.7 Å². The fraction of sp³-hybridized carbons (Fsp3) is 0.419. The van der Waals surface area contributed by atoms with Gasteiger partial charge in [0.05, 0.1) is 18.7 Å². The Bertz CT molecular complexity index is 1840. The number of aromatic nitrogens is 3. The van der Waals surface area contributed by atoms with E-state index in [0.717, 1.165) is 59.1 Å². The number of esters is 1. The molecule has 0 aliphatic carbocycles. The Morgan fingerprint density at radius 1 is 0.815 bits per heavy atom. The quantitative estimate of drug-likeness (QED) is 0.0545. The highest BCUT2D eigenvalue weighted by Gasteiger charge is 2.20. The van der Waals surface area contributed by atoms with Crippen LogP contribution in [0, 0.1) is 33.6 Å². The van der Waals surface area contributed by atoms with Gasteiger partial charge in [-0.1, -0.05) is 87.2 Å². The minimum absolute atomic E-state index is 0.0286. The van der Waals surface area contributed by atoms with Gasteiger partial charge < -0.3 is 29.4 Å². The average Bonchev–Trinajstić information content (AvgIpc) is 3.13. The van der Waals surface area contributed by atoms with Crippen molar-refractivity contribution in [1.82, 2.24) is 20.3 Å². The predicted octanol–water partition coefficient (Wildman–Crippen LogP) is 8.64. The van der Waals surface area contributed by atoms with E-state index in [-0.39, 0.29) is 37.7 Å². The fourth-order valence-corrected chi connectivity index (χ4v) is 5.84. The molecule has 1 amide bonds. The number of benzene rings is 3. The maximum absolute atomic E-state index is 12.7. The molecule has 0 radical (unpaired) electrons. The lowest BCUT2D eigenvalue weighted by Crippen LogP contribution is -2.36. The van der Waals surface area contributed by atoms with Crippen molar-refractivity contribution in [3.05, 3.63) is 89.0 Å². The summed E-state index contributed by atoms with van der Waals surface area (Å²) in [5.41, 5.74) is 6.73. The first-order valence-corrected chi connectivity index (χ1v) is 18.6. The molecule has 0 aliphatic heterocycles. The van der Waals surface area contributed by atoms with E-state index in [0.29, 0.717) is 41.3 Å². The predicted molar refractivity (Wildman–Crippen MR) is 210 cm³/mol. The summed E-state index contributed by atoms with van der Waals surface area (Å²) in [5.74, 6) is 1.44. The van der Waals surface area contributed by atoms with Gasteiger partial charge >= 0.3 is 12.1 Å². The molecule has 0 bridgehead atoms. The zero-order valence-corrected chi connectivity index (χ0v) is 32.7. The Hall–Kier alpha value is -5.29. The van der Waals surface area contributed by atoms with Gasteiger partial charge in [-0.25, -0.2) is 24.5 Å². The number of nitrogens with zero attached hydrogens (tertiary/aromatic N) is 3. The molecular formula is C43H54N4O7. The summed E-state index contributed by atoms with van der Waals surface area (Å²) >= 11 is 0. The molecular weight excluding hydrogens is 684 g/mol. The molecule has 2 atom stereocenters. The molecule has 2 unspecified atom stereocenters. The van der Waals surface area contributed by atoms with Gasteiger partial charge in [0.15, 0.2) is 23.6 Å². The first-order chi connectivity index (χ1) is 25.9. The van der Waals surface area contributed by atoms with E-state index in [2.05, 4.69) is 37.9 Å². The smallest absolute Gasteiger partial charge is 0.407 e. The number of alkyl carbamates (subject to hydrolysis) is 1. The van der Waals surface area contributed by atoms with Gasteiger partial charge in [-0.15, -0.1) is 0 Å². The summed E-state index contributed by atoms with van der Waals surface area (Å²) in [6, 6.07) is 17.1. The van der Waals surface area contributed by atoms with Crippen molar-refractivity contribution in [2.75, 3.05) is 33.0 Å².